The van der Waals surface area contributed by atoms with Crippen LogP contribution < -0.4 is 9.47 Å². The molecule has 2 aromatic carbocycles. The highest BCUT2D eigenvalue weighted by Gasteiger charge is 2.10. The van der Waals surface area contributed by atoms with Crippen LogP contribution in [0.3, 0.4) is 0 Å². The van der Waals surface area contributed by atoms with E-state index in [1.807, 2.05) is 0 Å². The Labute approximate surface area is 121 Å². The summed E-state index contributed by atoms with van der Waals surface area (Å²) in [5.41, 5.74) is 0.749. The molecule has 0 aliphatic carbocycles. The number of hydrogen-bond acceptors (Lipinski definition) is 3. The van der Waals surface area contributed by atoms with Gasteiger partial charge in [-0.3, -0.25) is 0 Å². The molecule has 0 bridgehead atoms. The summed E-state index contributed by atoms with van der Waals surface area (Å²) in [6.07, 6.45) is 0. The quantitative estimate of drug-likeness (QED) is 0.829. The second kappa shape index (κ2) is 6.74. The molecule has 0 radical (unpaired) electrons. The van der Waals surface area contributed by atoms with E-state index in [1.165, 1.54) is 18.2 Å². The Morgan fingerprint density at radius 3 is 2.33 bits per heavy atom. The number of carboxylic acids is 1. The third kappa shape index (κ3) is 3.72. The zero-order valence-electron chi connectivity index (χ0n) is 11.5. The first kappa shape index (κ1) is 14.8. The number of benzene rings is 2. The van der Waals surface area contributed by atoms with E-state index in [2.05, 4.69) is 0 Å². The Hall–Kier alpha value is -2.56. The summed E-state index contributed by atoms with van der Waals surface area (Å²) >= 11 is 0. The van der Waals surface area contributed by atoms with Crippen LogP contribution in [0.5, 0.6) is 11.5 Å². The lowest BCUT2D eigenvalue weighted by Gasteiger charge is -2.12. The summed E-state index contributed by atoms with van der Waals surface area (Å²) in [7, 11) is 0. The number of carbonyl (C=O) groups is 1. The molecular formula is C16H15FO4. The van der Waals surface area contributed by atoms with Crippen LogP contribution in [0.1, 0.15) is 15.9 Å². The van der Waals surface area contributed by atoms with Crippen LogP contribution >= 0.6 is 0 Å². The van der Waals surface area contributed by atoms with Gasteiger partial charge in [-0.25, -0.2) is 9.18 Å². The van der Waals surface area contributed by atoms with Crippen molar-refractivity contribution in [3.8, 4) is 11.5 Å². The maximum atomic E-state index is 13.3. The van der Waals surface area contributed by atoms with E-state index in [0.717, 1.165) is 0 Å². The first-order valence-electron chi connectivity index (χ1n) is 6.42. The van der Waals surface area contributed by atoms with Crippen molar-refractivity contribution in [2.24, 2.45) is 0 Å². The molecule has 0 aromatic heterocycles. The molecule has 2 aromatic rings. The summed E-state index contributed by atoms with van der Waals surface area (Å²) in [5, 5.41) is 9.02. The van der Waals surface area contributed by atoms with Crippen LogP contribution in [0.2, 0.25) is 0 Å². The predicted octanol–water partition coefficient (Wildman–Crippen LogP) is 3.29. The van der Waals surface area contributed by atoms with Crippen LogP contribution in [0, 0.1) is 12.7 Å². The normalized spacial score (nSPS) is 10.2. The topological polar surface area (TPSA) is 55.8 Å². The van der Waals surface area contributed by atoms with Crippen molar-refractivity contribution in [2.45, 2.75) is 6.92 Å². The number of halogens is 1. The minimum Gasteiger partial charge on any atom is -0.490 e. The maximum Gasteiger partial charge on any atom is 0.336 e. The van der Waals surface area contributed by atoms with E-state index in [-0.39, 0.29) is 24.5 Å². The largest absolute Gasteiger partial charge is 0.490 e. The smallest absolute Gasteiger partial charge is 0.336 e. The first-order valence-corrected chi connectivity index (χ1v) is 6.42. The van der Waals surface area contributed by atoms with Gasteiger partial charge < -0.3 is 14.6 Å². The van der Waals surface area contributed by atoms with Gasteiger partial charge in [-0.2, -0.15) is 0 Å². The van der Waals surface area contributed by atoms with Crippen LogP contribution in [0.25, 0.3) is 0 Å². The summed E-state index contributed by atoms with van der Waals surface area (Å²) in [6, 6.07) is 10.9. The summed E-state index contributed by atoms with van der Waals surface area (Å²) in [6.45, 7) is 2.03. The fourth-order valence-electron chi connectivity index (χ4n) is 1.87. The highest BCUT2D eigenvalue weighted by Crippen LogP contribution is 2.21. The second-order valence-corrected chi connectivity index (χ2v) is 4.36. The molecule has 5 heteroatoms. The Kier molecular flexibility index (Phi) is 4.77. The molecule has 1 N–H and O–H groups in total. The lowest BCUT2D eigenvalue weighted by molar-refractivity contribution is 0.0695. The molecule has 0 fully saturated rings. The molecule has 0 heterocycles. The van der Waals surface area contributed by atoms with Gasteiger partial charge >= 0.3 is 5.97 Å². The predicted molar refractivity (Wildman–Crippen MR) is 75.5 cm³/mol. The zero-order chi connectivity index (χ0) is 15.2. The Balaban J connectivity index is 1.91. The van der Waals surface area contributed by atoms with Gasteiger partial charge in [-0.1, -0.05) is 18.2 Å². The van der Waals surface area contributed by atoms with Crippen LogP contribution in [0.15, 0.2) is 42.5 Å². The van der Waals surface area contributed by atoms with Crippen molar-refractivity contribution in [1.82, 2.24) is 0 Å². The highest BCUT2D eigenvalue weighted by molar-refractivity contribution is 5.90. The number of para-hydroxylation sites is 1. The van der Waals surface area contributed by atoms with Crippen molar-refractivity contribution in [1.29, 1.82) is 0 Å². The fourth-order valence-corrected chi connectivity index (χ4v) is 1.87. The molecule has 110 valence electrons. The average molecular weight is 290 g/mol. The fraction of sp³-hybridized carbons (Fsp3) is 0.188. The maximum absolute atomic E-state index is 13.3. The van der Waals surface area contributed by atoms with E-state index >= 15 is 0 Å². The minimum absolute atomic E-state index is 0.164. The summed E-state index contributed by atoms with van der Waals surface area (Å²) < 4.78 is 24.1. The van der Waals surface area contributed by atoms with E-state index < -0.39 is 11.8 Å². The van der Waals surface area contributed by atoms with Crippen LogP contribution in [-0.4, -0.2) is 24.3 Å². The standard InChI is InChI=1S/C16H15FO4/c1-11-12(16(18)19)5-4-8-14(11)20-9-10-21-15-7-3-2-6-13(15)17/h2-8H,9-10H2,1H3,(H,18,19). The number of ether oxygens (including phenoxy) is 2. The monoisotopic (exact) mass is 290 g/mol. The van der Waals surface area contributed by atoms with Crippen molar-refractivity contribution >= 4 is 5.97 Å². The second-order valence-electron chi connectivity index (χ2n) is 4.36. The van der Waals surface area contributed by atoms with E-state index in [1.54, 1.807) is 31.2 Å². The molecule has 2 rings (SSSR count). The first-order chi connectivity index (χ1) is 10.1. The summed E-state index contributed by atoms with van der Waals surface area (Å²) in [5.74, 6) is -0.786. The van der Waals surface area contributed by atoms with E-state index in [9.17, 15) is 9.18 Å². The third-order valence-electron chi connectivity index (χ3n) is 2.95. The molecule has 4 nitrogen and oxygen atoms in total. The van der Waals surface area contributed by atoms with Gasteiger partial charge in [0, 0.05) is 5.56 Å². The Morgan fingerprint density at radius 2 is 1.67 bits per heavy atom. The van der Waals surface area contributed by atoms with Crippen molar-refractivity contribution in [3.63, 3.8) is 0 Å². The van der Waals surface area contributed by atoms with Gasteiger partial charge in [0.1, 0.15) is 19.0 Å². The Bertz CT molecular complexity index is 640. The Morgan fingerprint density at radius 1 is 1.05 bits per heavy atom. The van der Waals surface area contributed by atoms with E-state index in [0.29, 0.717) is 11.3 Å². The molecule has 0 saturated carbocycles. The van der Waals surface area contributed by atoms with Gasteiger partial charge in [-0.15, -0.1) is 0 Å². The van der Waals surface area contributed by atoms with Crippen molar-refractivity contribution in [3.05, 3.63) is 59.4 Å². The average Bonchev–Trinajstić information content (AvgIpc) is 2.46. The molecule has 0 aliphatic rings. The molecular weight excluding hydrogens is 275 g/mol. The van der Waals surface area contributed by atoms with E-state index in [4.69, 9.17) is 14.6 Å². The number of rotatable bonds is 6. The summed E-state index contributed by atoms with van der Waals surface area (Å²) in [4.78, 5) is 11.0. The molecule has 0 aliphatic heterocycles. The lowest BCUT2D eigenvalue weighted by atomic mass is 10.1. The van der Waals surface area contributed by atoms with Gasteiger partial charge in [0.2, 0.25) is 0 Å². The molecule has 0 spiro atoms. The van der Waals surface area contributed by atoms with Crippen LogP contribution in [0.4, 0.5) is 4.39 Å². The zero-order valence-corrected chi connectivity index (χ0v) is 11.5. The molecule has 0 amide bonds. The highest BCUT2D eigenvalue weighted by atomic mass is 19.1. The third-order valence-corrected chi connectivity index (χ3v) is 2.95. The van der Waals surface area contributed by atoms with Gasteiger partial charge in [0.15, 0.2) is 11.6 Å². The molecule has 21 heavy (non-hydrogen) atoms. The molecule has 0 unspecified atom stereocenters. The van der Waals surface area contributed by atoms with Gasteiger partial charge in [0.25, 0.3) is 0 Å². The number of carboxylic acid groups (broad SMARTS) is 1. The molecule has 0 atom stereocenters. The van der Waals surface area contributed by atoms with Crippen molar-refractivity contribution in [2.75, 3.05) is 13.2 Å². The molecule has 0 saturated heterocycles. The SMILES string of the molecule is Cc1c(OCCOc2ccccc2F)cccc1C(=O)O. The van der Waals surface area contributed by atoms with Crippen LogP contribution in [-0.2, 0) is 0 Å². The van der Waals surface area contributed by atoms with Gasteiger partial charge in [-0.05, 0) is 31.2 Å². The lowest BCUT2D eigenvalue weighted by Crippen LogP contribution is -2.11. The minimum atomic E-state index is -0.999. The van der Waals surface area contributed by atoms with Crippen molar-refractivity contribution < 1.29 is 23.8 Å². The number of hydrogen-bond donors (Lipinski definition) is 1. The van der Waals surface area contributed by atoms with Gasteiger partial charge in [0.05, 0.1) is 5.56 Å². The number of aromatic carboxylic acids is 1.